The molecule has 1 amide bonds. The number of aryl methyl sites for hydroxylation is 1. The molecule has 0 saturated heterocycles. The number of amides is 1. The normalized spacial score (nSPS) is 13.0. The van der Waals surface area contributed by atoms with Gasteiger partial charge in [0.15, 0.2) is 0 Å². The first-order chi connectivity index (χ1) is 16.6. The zero-order valence-electron chi connectivity index (χ0n) is 19.0. The number of aromatic nitrogens is 2. The lowest BCUT2D eigenvalue weighted by Gasteiger charge is -2.24. The van der Waals surface area contributed by atoms with Crippen LogP contribution in [0.25, 0.3) is 11.3 Å². The summed E-state index contributed by atoms with van der Waals surface area (Å²) >= 11 is 0. The van der Waals surface area contributed by atoms with Crippen molar-refractivity contribution < 1.29 is 13.9 Å². The van der Waals surface area contributed by atoms with E-state index in [2.05, 4.69) is 0 Å². The monoisotopic (exact) mass is 455 g/mol. The van der Waals surface area contributed by atoms with Gasteiger partial charge >= 0.3 is 0 Å². The molecule has 0 unspecified atom stereocenters. The Morgan fingerprint density at radius 2 is 1.65 bits per heavy atom. The van der Waals surface area contributed by atoms with E-state index in [1.165, 1.54) is 6.07 Å². The van der Waals surface area contributed by atoms with Crippen molar-refractivity contribution in [2.75, 3.05) is 6.54 Å². The standard InChI is InChI=1S/C28H26FN3O2/c1-31-28(34-22-12-6-3-7-13-22)24(26(30-31)21-10-4-2-5-11-21)19-32(18-20-16-17-20)27(33)23-14-8-9-15-25(23)29/h2-15,20H,16-19H2,1H3. The van der Waals surface area contributed by atoms with Gasteiger partial charge in [-0.1, -0.05) is 60.7 Å². The third kappa shape index (κ3) is 4.71. The zero-order chi connectivity index (χ0) is 23.5. The first-order valence-corrected chi connectivity index (χ1v) is 11.5. The first kappa shape index (κ1) is 21.9. The minimum absolute atomic E-state index is 0.0822. The molecule has 5 rings (SSSR count). The van der Waals surface area contributed by atoms with Gasteiger partial charge < -0.3 is 9.64 Å². The maximum Gasteiger partial charge on any atom is 0.257 e. The van der Waals surface area contributed by atoms with Crippen LogP contribution in [0.4, 0.5) is 4.39 Å². The lowest BCUT2D eigenvalue weighted by molar-refractivity contribution is 0.0729. The van der Waals surface area contributed by atoms with Gasteiger partial charge in [-0.05, 0) is 43.0 Å². The Morgan fingerprint density at radius 1 is 1.00 bits per heavy atom. The maximum atomic E-state index is 14.5. The second-order valence-corrected chi connectivity index (χ2v) is 8.65. The van der Waals surface area contributed by atoms with Gasteiger partial charge in [0, 0.05) is 19.2 Å². The summed E-state index contributed by atoms with van der Waals surface area (Å²) in [6, 6.07) is 25.5. The van der Waals surface area contributed by atoms with Crippen LogP contribution in [0.3, 0.4) is 0 Å². The van der Waals surface area contributed by atoms with Crippen molar-refractivity contribution in [3.05, 3.63) is 102 Å². The number of carbonyl (C=O) groups is 1. The van der Waals surface area contributed by atoms with Crippen LogP contribution in [0.5, 0.6) is 11.6 Å². The Hall–Kier alpha value is -3.93. The van der Waals surface area contributed by atoms with E-state index >= 15 is 0 Å². The molecule has 1 aliphatic carbocycles. The molecule has 5 nitrogen and oxygen atoms in total. The number of ether oxygens (including phenoxy) is 1. The van der Waals surface area contributed by atoms with E-state index in [0.29, 0.717) is 24.1 Å². The van der Waals surface area contributed by atoms with Gasteiger partial charge in [-0.2, -0.15) is 5.10 Å². The third-order valence-electron chi connectivity index (χ3n) is 6.01. The minimum Gasteiger partial charge on any atom is -0.439 e. The second kappa shape index (κ2) is 9.51. The van der Waals surface area contributed by atoms with Gasteiger partial charge in [0.1, 0.15) is 17.3 Å². The molecule has 0 bridgehead atoms. The molecule has 0 radical (unpaired) electrons. The molecule has 172 valence electrons. The summed E-state index contributed by atoms with van der Waals surface area (Å²) in [6.45, 7) is 0.838. The Balaban J connectivity index is 1.56. The molecule has 4 aromatic rings. The predicted molar refractivity (Wildman–Crippen MR) is 129 cm³/mol. The highest BCUT2D eigenvalue weighted by atomic mass is 19.1. The number of hydrogen-bond acceptors (Lipinski definition) is 3. The zero-order valence-corrected chi connectivity index (χ0v) is 19.0. The van der Waals surface area contributed by atoms with E-state index in [4.69, 9.17) is 9.84 Å². The number of benzene rings is 3. The van der Waals surface area contributed by atoms with Crippen molar-refractivity contribution in [1.29, 1.82) is 0 Å². The number of rotatable bonds is 8. The SMILES string of the molecule is Cn1nc(-c2ccccc2)c(CN(CC2CC2)C(=O)c2ccccc2F)c1Oc1ccccc1. The van der Waals surface area contributed by atoms with Crippen LogP contribution >= 0.6 is 0 Å². The topological polar surface area (TPSA) is 47.4 Å². The average Bonchev–Trinajstić information content (AvgIpc) is 3.64. The van der Waals surface area contributed by atoms with Crippen molar-refractivity contribution in [2.24, 2.45) is 13.0 Å². The van der Waals surface area contributed by atoms with Crippen LogP contribution in [0.2, 0.25) is 0 Å². The van der Waals surface area contributed by atoms with Crippen LogP contribution < -0.4 is 4.74 Å². The number of nitrogens with zero attached hydrogens (tertiary/aromatic N) is 3. The Bertz CT molecular complexity index is 1280. The maximum absolute atomic E-state index is 14.5. The molecule has 6 heteroatoms. The fourth-order valence-electron chi connectivity index (χ4n) is 4.08. The first-order valence-electron chi connectivity index (χ1n) is 11.5. The summed E-state index contributed by atoms with van der Waals surface area (Å²) in [5.41, 5.74) is 2.55. The summed E-state index contributed by atoms with van der Waals surface area (Å²) in [6.07, 6.45) is 2.15. The number of carbonyl (C=O) groups excluding carboxylic acids is 1. The van der Waals surface area contributed by atoms with Gasteiger partial charge in [-0.3, -0.25) is 4.79 Å². The van der Waals surface area contributed by atoms with Crippen LogP contribution in [0, 0.1) is 11.7 Å². The van der Waals surface area contributed by atoms with Crippen molar-refractivity contribution in [1.82, 2.24) is 14.7 Å². The van der Waals surface area contributed by atoms with Gasteiger partial charge in [0.05, 0.1) is 17.7 Å². The molecule has 1 aromatic heterocycles. The molecule has 1 saturated carbocycles. The fraction of sp³-hybridized carbons (Fsp3) is 0.214. The van der Waals surface area contributed by atoms with Gasteiger partial charge in [0.2, 0.25) is 5.88 Å². The molecule has 0 aliphatic heterocycles. The quantitative estimate of drug-likeness (QED) is 0.324. The van der Waals surface area contributed by atoms with Gasteiger partial charge in [-0.15, -0.1) is 0 Å². The van der Waals surface area contributed by atoms with Crippen molar-refractivity contribution in [3.63, 3.8) is 0 Å². The van der Waals surface area contributed by atoms with E-state index in [0.717, 1.165) is 29.7 Å². The van der Waals surface area contributed by atoms with Crippen molar-refractivity contribution >= 4 is 5.91 Å². The Kier molecular flexibility index (Phi) is 6.12. The molecular formula is C28H26FN3O2. The van der Waals surface area contributed by atoms with E-state index < -0.39 is 5.82 Å². The molecular weight excluding hydrogens is 429 g/mol. The van der Waals surface area contributed by atoms with E-state index in [1.54, 1.807) is 27.8 Å². The predicted octanol–water partition coefficient (Wildman–Crippen LogP) is 6.07. The fourth-order valence-corrected chi connectivity index (χ4v) is 4.08. The van der Waals surface area contributed by atoms with Crippen molar-refractivity contribution in [2.45, 2.75) is 19.4 Å². The highest BCUT2D eigenvalue weighted by molar-refractivity contribution is 5.94. The number of hydrogen-bond donors (Lipinski definition) is 0. The molecule has 0 spiro atoms. The van der Waals surface area contributed by atoms with Crippen LogP contribution in [-0.2, 0) is 13.6 Å². The highest BCUT2D eigenvalue weighted by Gasteiger charge is 2.31. The van der Waals surface area contributed by atoms with Crippen LogP contribution in [0.15, 0.2) is 84.9 Å². The smallest absolute Gasteiger partial charge is 0.257 e. The molecule has 0 atom stereocenters. The average molecular weight is 456 g/mol. The van der Waals surface area contributed by atoms with Crippen molar-refractivity contribution in [3.8, 4) is 22.9 Å². The highest BCUT2D eigenvalue weighted by Crippen LogP contribution is 2.36. The van der Waals surface area contributed by atoms with E-state index in [-0.39, 0.29) is 18.0 Å². The second-order valence-electron chi connectivity index (χ2n) is 8.65. The van der Waals surface area contributed by atoms with Crippen LogP contribution in [-0.4, -0.2) is 27.1 Å². The lowest BCUT2D eigenvalue weighted by atomic mass is 10.1. The Morgan fingerprint density at radius 3 is 2.32 bits per heavy atom. The summed E-state index contributed by atoms with van der Waals surface area (Å²) in [7, 11) is 1.83. The van der Waals surface area contributed by atoms with Gasteiger partial charge in [-0.25, -0.2) is 9.07 Å². The Labute approximate surface area is 198 Å². The molecule has 1 aliphatic rings. The summed E-state index contributed by atoms with van der Waals surface area (Å²) in [5, 5.41) is 4.75. The van der Waals surface area contributed by atoms with E-state index in [1.807, 2.05) is 67.7 Å². The molecule has 1 heterocycles. The molecule has 3 aromatic carbocycles. The third-order valence-corrected chi connectivity index (χ3v) is 6.01. The molecule has 1 fully saturated rings. The minimum atomic E-state index is -0.511. The lowest BCUT2D eigenvalue weighted by Crippen LogP contribution is -2.33. The molecule has 0 N–H and O–H groups in total. The summed E-state index contributed by atoms with van der Waals surface area (Å²) in [4.78, 5) is 15.2. The number of para-hydroxylation sites is 1. The number of halogens is 1. The van der Waals surface area contributed by atoms with Crippen LogP contribution in [0.1, 0.15) is 28.8 Å². The van der Waals surface area contributed by atoms with E-state index in [9.17, 15) is 9.18 Å². The largest absolute Gasteiger partial charge is 0.439 e. The molecule has 34 heavy (non-hydrogen) atoms. The summed E-state index contributed by atoms with van der Waals surface area (Å²) < 4.78 is 22.5. The van der Waals surface area contributed by atoms with Gasteiger partial charge in [0.25, 0.3) is 5.91 Å². The summed E-state index contributed by atoms with van der Waals surface area (Å²) in [5.74, 6) is 0.848.